The van der Waals surface area contributed by atoms with Gasteiger partial charge in [0.15, 0.2) is 5.78 Å². The summed E-state index contributed by atoms with van der Waals surface area (Å²) in [5.41, 5.74) is 2.23. The lowest BCUT2D eigenvalue weighted by Gasteiger charge is -2.19. The maximum absolute atomic E-state index is 12.2. The Kier molecular flexibility index (Phi) is 6.50. The molecule has 0 fully saturated rings. The molecule has 1 atom stereocenters. The Hall–Kier alpha value is -1.98. The lowest BCUT2D eigenvalue weighted by molar-refractivity contribution is -0.127. The zero-order valence-corrected chi connectivity index (χ0v) is 14.3. The van der Waals surface area contributed by atoms with Gasteiger partial charge in [-0.15, -0.1) is 0 Å². The number of carbonyl (C=O) groups excluding carboxylic acids is 2. The van der Waals surface area contributed by atoms with E-state index < -0.39 is 6.04 Å². The topological polar surface area (TPSA) is 49.4 Å². The van der Waals surface area contributed by atoms with Gasteiger partial charge in [-0.2, -0.15) is 11.3 Å². The van der Waals surface area contributed by atoms with Crippen LogP contribution < -0.4 is 5.32 Å². The van der Waals surface area contributed by atoms with E-state index in [-0.39, 0.29) is 18.2 Å². The number of thiophene rings is 1. The number of carbonyl (C=O) groups is 2. The first-order chi connectivity index (χ1) is 11.0. The Morgan fingerprint density at radius 3 is 2.52 bits per heavy atom. The van der Waals surface area contributed by atoms with Crippen molar-refractivity contribution in [1.82, 2.24) is 10.2 Å². The molecule has 5 heteroatoms. The van der Waals surface area contributed by atoms with Gasteiger partial charge in [0.1, 0.15) is 0 Å². The molecule has 2 aromatic rings. The van der Waals surface area contributed by atoms with Gasteiger partial charge >= 0.3 is 0 Å². The van der Waals surface area contributed by atoms with Gasteiger partial charge < -0.3 is 5.32 Å². The molecule has 0 aliphatic rings. The smallest absolute Gasteiger partial charge is 0.234 e. The number of nitrogens with one attached hydrogen (secondary N) is 1. The number of benzene rings is 1. The van der Waals surface area contributed by atoms with Gasteiger partial charge in [-0.3, -0.25) is 14.5 Å². The lowest BCUT2D eigenvalue weighted by Crippen LogP contribution is -2.45. The van der Waals surface area contributed by atoms with Crippen LogP contribution in [-0.4, -0.2) is 36.2 Å². The molecule has 0 bridgehead atoms. The third kappa shape index (κ3) is 5.96. The Morgan fingerprint density at radius 1 is 1.17 bits per heavy atom. The van der Waals surface area contributed by atoms with Crippen molar-refractivity contribution in [2.24, 2.45) is 0 Å². The number of hydrogen-bond acceptors (Lipinski definition) is 4. The number of amides is 1. The highest BCUT2D eigenvalue weighted by Crippen LogP contribution is 2.08. The van der Waals surface area contributed by atoms with Crippen molar-refractivity contribution in [3.8, 4) is 0 Å². The van der Waals surface area contributed by atoms with Crippen LogP contribution in [0.1, 0.15) is 18.1 Å². The Bertz CT molecular complexity index is 626. The molecular formula is C18H22N2O2S. The van der Waals surface area contributed by atoms with Crippen molar-refractivity contribution in [3.05, 3.63) is 58.3 Å². The van der Waals surface area contributed by atoms with E-state index in [2.05, 4.69) is 10.7 Å². The van der Waals surface area contributed by atoms with Gasteiger partial charge in [-0.25, -0.2) is 0 Å². The fourth-order valence-corrected chi connectivity index (χ4v) is 3.04. The molecule has 0 spiro atoms. The van der Waals surface area contributed by atoms with Gasteiger partial charge in [0.25, 0.3) is 0 Å². The summed E-state index contributed by atoms with van der Waals surface area (Å²) in [7, 11) is 1.90. The number of rotatable bonds is 8. The molecule has 23 heavy (non-hydrogen) atoms. The van der Waals surface area contributed by atoms with E-state index in [0.717, 1.165) is 12.1 Å². The van der Waals surface area contributed by atoms with Crippen molar-refractivity contribution in [2.75, 3.05) is 13.6 Å². The maximum Gasteiger partial charge on any atom is 0.234 e. The minimum atomic E-state index is -0.473. The molecule has 0 aliphatic heterocycles. The Morgan fingerprint density at radius 2 is 1.91 bits per heavy atom. The van der Waals surface area contributed by atoms with E-state index >= 15 is 0 Å². The van der Waals surface area contributed by atoms with E-state index in [9.17, 15) is 9.59 Å². The predicted molar refractivity (Wildman–Crippen MR) is 93.4 cm³/mol. The normalized spacial score (nSPS) is 12.1. The van der Waals surface area contributed by atoms with Crippen LogP contribution >= 0.6 is 11.3 Å². The first kappa shape index (κ1) is 17.4. The second-order valence-corrected chi connectivity index (χ2v) is 6.50. The third-order valence-corrected chi connectivity index (χ3v) is 4.29. The standard InChI is InChI=1S/C18H22N2O2S/c1-14(21)17(10-15-6-4-3-5-7-15)19-18(22)12-20(2)11-16-8-9-23-13-16/h3-9,13,17H,10-12H2,1-2H3,(H,19,22)/t17-/m1/s1. The number of ketones is 1. The van der Waals surface area contributed by atoms with Gasteiger partial charge in [-0.1, -0.05) is 30.3 Å². The Balaban J connectivity index is 1.86. The average Bonchev–Trinajstić information content (AvgIpc) is 3.00. The maximum atomic E-state index is 12.2. The summed E-state index contributed by atoms with van der Waals surface area (Å²) in [5, 5.41) is 6.94. The van der Waals surface area contributed by atoms with Crippen molar-refractivity contribution >= 4 is 23.0 Å². The van der Waals surface area contributed by atoms with Gasteiger partial charge in [-0.05, 0) is 48.3 Å². The van der Waals surface area contributed by atoms with E-state index in [4.69, 9.17) is 0 Å². The molecule has 0 radical (unpaired) electrons. The Labute approximate surface area is 141 Å². The fourth-order valence-electron chi connectivity index (χ4n) is 2.38. The second kappa shape index (κ2) is 8.60. The SMILES string of the molecule is CC(=O)[C@@H](Cc1ccccc1)NC(=O)CN(C)Cc1ccsc1. The number of Topliss-reactive ketones (excluding diaryl/α,β-unsaturated/α-hetero) is 1. The summed E-state index contributed by atoms with van der Waals surface area (Å²) in [6.07, 6.45) is 0.524. The molecule has 1 amide bonds. The molecule has 122 valence electrons. The summed E-state index contributed by atoms with van der Waals surface area (Å²) in [5.74, 6) is -0.151. The molecule has 0 saturated heterocycles. The van der Waals surface area contributed by atoms with Gasteiger partial charge in [0, 0.05) is 6.54 Å². The first-order valence-electron chi connectivity index (χ1n) is 7.58. The highest BCUT2D eigenvalue weighted by atomic mass is 32.1. The van der Waals surface area contributed by atoms with Crippen LogP contribution in [0.25, 0.3) is 0 Å². The molecule has 1 N–H and O–H groups in total. The molecule has 2 rings (SSSR count). The number of nitrogens with zero attached hydrogens (tertiary/aromatic N) is 1. The zero-order valence-electron chi connectivity index (χ0n) is 13.5. The highest BCUT2D eigenvalue weighted by molar-refractivity contribution is 7.07. The average molecular weight is 330 g/mol. The minimum absolute atomic E-state index is 0.0253. The summed E-state index contributed by atoms with van der Waals surface area (Å²) in [4.78, 5) is 25.9. The first-order valence-corrected chi connectivity index (χ1v) is 8.52. The molecule has 0 saturated carbocycles. The highest BCUT2D eigenvalue weighted by Gasteiger charge is 2.18. The summed E-state index contributed by atoms with van der Waals surface area (Å²) in [6.45, 7) is 2.51. The molecule has 0 aliphatic carbocycles. The lowest BCUT2D eigenvalue weighted by atomic mass is 10.0. The third-order valence-electron chi connectivity index (χ3n) is 3.55. The largest absolute Gasteiger partial charge is 0.345 e. The number of hydrogen-bond donors (Lipinski definition) is 1. The summed E-state index contributed by atoms with van der Waals surface area (Å²) in [6, 6.07) is 11.3. The molecule has 0 unspecified atom stereocenters. The molecule has 1 aromatic heterocycles. The van der Waals surface area contributed by atoms with E-state index in [0.29, 0.717) is 6.42 Å². The summed E-state index contributed by atoms with van der Waals surface area (Å²) >= 11 is 1.64. The van der Waals surface area contributed by atoms with Crippen molar-refractivity contribution < 1.29 is 9.59 Å². The molecule has 1 heterocycles. The van der Waals surface area contributed by atoms with Crippen LogP contribution in [0, 0.1) is 0 Å². The van der Waals surface area contributed by atoms with E-state index in [1.165, 1.54) is 12.5 Å². The molecule has 1 aromatic carbocycles. The molecular weight excluding hydrogens is 308 g/mol. The number of likely N-dealkylation sites (N-methyl/N-ethyl adjacent to an activating group) is 1. The van der Waals surface area contributed by atoms with Crippen molar-refractivity contribution in [1.29, 1.82) is 0 Å². The second-order valence-electron chi connectivity index (χ2n) is 5.72. The van der Waals surface area contributed by atoms with Crippen LogP contribution in [0.3, 0.4) is 0 Å². The predicted octanol–water partition coefficient (Wildman–Crippen LogP) is 2.50. The quantitative estimate of drug-likeness (QED) is 0.809. The van der Waals surface area contributed by atoms with Gasteiger partial charge in [0.05, 0.1) is 12.6 Å². The monoisotopic (exact) mass is 330 g/mol. The van der Waals surface area contributed by atoms with Crippen LogP contribution in [0.5, 0.6) is 0 Å². The zero-order chi connectivity index (χ0) is 16.7. The van der Waals surface area contributed by atoms with Crippen LogP contribution in [0.2, 0.25) is 0 Å². The van der Waals surface area contributed by atoms with Crippen LogP contribution in [0.15, 0.2) is 47.2 Å². The van der Waals surface area contributed by atoms with Crippen LogP contribution in [-0.2, 0) is 22.6 Å². The van der Waals surface area contributed by atoms with E-state index in [1.807, 2.05) is 53.7 Å². The van der Waals surface area contributed by atoms with Crippen LogP contribution in [0.4, 0.5) is 0 Å². The van der Waals surface area contributed by atoms with Crippen molar-refractivity contribution in [2.45, 2.75) is 25.9 Å². The summed E-state index contributed by atoms with van der Waals surface area (Å²) < 4.78 is 0. The van der Waals surface area contributed by atoms with Gasteiger partial charge in [0.2, 0.25) is 5.91 Å². The van der Waals surface area contributed by atoms with Crippen molar-refractivity contribution in [3.63, 3.8) is 0 Å². The van der Waals surface area contributed by atoms with E-state index in [1.54, 1.807) is 11.3 Å². The fraction of sp³-hybridized carbons (Fsp3) is 0.333. The molecule has 4 nitrogen and oxygen atoms in total. The minimum Gasteiger partial charge on any atom is -0.345 e.